The zero-order chi connectivity index (χ0) is 21.3. The number of phenols is 1. The molecule has 4 N–H and O–H groups in total. The third-order valence-electron chi connectivity index (χ3n) is 6.63. The summed E-state index contributed by atoms with van der Waals surface area (Å²) in [6.45, 7) is 5.22. The first kappa shape index (κ1) is 20.5. The molecule has 30 heavy (non-hydrogen) atoms. The minimum absolute atomic E-state index is 0.190. The molecule has 9 heteroatoms. The highest BCUT2D eigenvalue weighted by Gasteiger charge is 2.53. The number of hydrogen-bond donors (Lipinski definition) is 4. The molecule has 1 aromatic carbocycles. The van der Waals surface area contributed by atoms with E-state index in [9.17, 15) is 19.5 Å². The molecule has 2 heterocycles. The number of urea groups is 1. The lowest BCUT2D eigenvalue weighted by atomic mass is 9.77. The number of quaternary nitrogens is 1. The summed E-state index contributed by atoms with van der Waals surface area (Å²) in [5.41, 5.74) is 2.46. The van der Waals surface area contributed by atoms with Crippen molar-refractivity contribution in [3.63, 3.8) is 0 Å². The number of hydrazine groups is 1. The van der Waals surface area contributed by atoms with Crippen LogP contribution in [0.15, 0.2) is 24.3 Å². The van der Waals surface area contributed by atoms with Gasteiger partial charge >= 0.3 is 6.03 Å². The molecule has 3 aliphatic rings. The lowest BCUT2D eigenvalue weighted by Crippen LogP contribution is -3.16. The van der Waals surface area contributed by atoms with Crippen LogP contribution in [-0.2, 0) is 9.59 Å². The fourth-order valence-corrected chi connectivity index (χ4v) is 4.68. The number of rotatable bonds is 4. The average Bonchev–Trinajstić information content (AvgIpc) is 2.95. The Hall–Kier alpha value is -2.81. The van der Waals surface area contributed by atoms with E-state index in [-0.39, 0.29) is 24.1 Å². The quantitative estimate of drug-likeness (QED) is 0.501. The number of aromatic hydroxyl groups is 1. The number of hydrogen-bond acceptors (Lipinski definition) is 5. The van der Waals surface area contributed by atoms with Gasteiger partial charge in [-0.2, -0.15) is 5.01 Å². The lowest BCUT2D eigenvalue weighted by Gasteiger charge is -2.34. The first-order chi connectivity index (χ1) is 14.4. The van der Waals surface area contributed by atoms with Crippen LogP contribution < -0.4 is 20.5 Å². The van der Waals surface area contributed by atoms with Gasteiger partial charge in [-0.3, -0.25) is 15.0 Å². The molecule has 1 spiro atoms. The van der Waals surface area contributed by atoms with E-state index in [1.165, 1.54) is 0 Å². The molecule has 2 saturated heterocycles. The summed E-state index contributed by atoms with van der Waals surface area (Å²) in [7, 11) is 0. The highest BCUT2D eigenvalue weighted by Crippen LogP contribution is 2.35. The SMILES string of the molecule is CC1CCC2(CC1)NC(=O)N(NC(=O)C[NH+]1CCN(c3ccccc3O)CC1)C2=O. The molecule has 4 rings (SSSR count). The number of piperazine rings is 1. The van der Waals surface area contributed by atoms with Crippen molar-refractivity contribution in [2.75, 3.05) is 37.6 Å². The van der Waals surface area contributed by atoms with E-state index >= 15 is 0 Å². The van der Waals surface area contributed by atoms with E-state index in [4.69, 9.17) is 0 Å². The molecule has 9 nitrogen and oxygen atoms in total. The number of carbonyl (C=O) groups is 3. The number of amides is 4. The highest BCUT2D eigenvalue weighted by atomic mass is 16.3. The van der Waals surface area contributed by atoms with Crippen molar-refractivity contribution in [2.45, 2.75) is 38.1 Å². The molecule has 4 amide bonds. The number of imide groups is 1. The third kappa shape index (κ3) is 3.94. The van der Waals surface area contributed by atoms with Crippen molar-refractivity contribution in [3.05, 3.63) is 24.3 Å². The normalized spacial score (nSPS) is 27.4. The molecule has 1 saturated carbocycles. The summed E-state index contributed by atoms with van der Waals surface area (Å²) in [6, 6.07) is 6.69. The molecule has 0 bridgehead atoms. The third-order valence-corrected chi connectivity index (χ3v) is 6.63. The second kappa shape index (κ2) is 8.14. The predicted octanol–water partition coefficient (Wildman–Crippen LogP) is -0.371. The van der Waals surface area contributed by atoms with Crippen LogP contribution in [0.2, 0.25) is 0 Å². The van der Waals surface area contributed by atoms with Crippen LogP contribution in [0.25, 0.3) is 0 Å². The molecule has 0 aromatic heterocycles. The summed E-state index contributed by atoms with van der Waals surface area (Å²) in [4.78, 5) is 40.9. The summed E-state index contributed by atoms with van der Waals surface area (Å²) < 4.78 is 0. The Labute approximate surface area is 176 Å². The van der Waals surface area contributed by atoms with Gasteiger partial charge in [0.25, 0.3) is 11.8 Å². The van der Waals surface area contributed by atoms with Crippen molar-refractivity contribution in [3.8, 4) is 5.75 Å². The second-order valence-corrected chi connectivity index (χ2v) is 8.77. The Bertz CT molecular complexity index is 828. The van der Waals surface area contributed by atoms with Gasteiger partial charge in [0.05, 0.1) is 31.9 Å². The van der Waals surface area contributed by atoms with Crippen LogP contribution in [0.3, 0.4) is 0 Å². The Balaban J connectivity index is 1.29. The van der Waals surface area contributed by atoms with Gasteiger partial charge in [-0.15, -0.1) is 0 Å². The molecule has 162 valence electrons. The van der Waals surface area contributed by atoms with Crippen LogP contribution in [0.1, 0.15) is 32.6 Å². The maximum Gasteiger partial charge on any atom is 0.344 e. The zero-order valence-electron chi connectivity index (χ0n) is 17.3. The maximum absolute atomic E-state index is 12.8. The van der Waals surface area contributed by atoms with Crippen molar-refractivity contribution in [1.82, 2.24) is 15.8 Å². The van der Waals surface area contributed by atoms with Gasteiger partial charge in [-0.25, -0.2) is 4.79 Å². The first-order valence-electron chi connectivity index (χ1n) is 10.7. The Morgan fingerprint density at radius 2 is 1.90 bits per heavy atom. The summed E-state index contributed by atoms with van der Waals surface area (Å²) in [5, 5.41) is 13.7. The molecule has 0 atom stereocenters. The number of phenolic OH excluding ortho intramolecular Hbond substituents is 1. The van der Waals surface area contributed by atoms with Crippen molar-refractivity contribution in [2.24, 2.45) is 5.92 Å². The molecular weight excluding hydrogens is 386 g/mol. The average molecular weight is 417 g/mol. The molecule has 0 unspecified atom stereocenters. The molecule has 0 radical (unpaired) electrons. The fourth-order valence-electron chi connectivity index (χ4n) is 4.68. The number of benzene rings is 1. The van der Waals surface area contributed by atoms with E-state index in [0.29, 0.717) is 31.8 Å². The van der Waals surface area contributed by atoms with Crippen LogP contribution in [0.5, 0.6) is 5.75 Å². The standard InChI is InChI=1S/C21H29N5O4/c1-15-6-8-21(9-7-15)19(29)26(20(30)22-21)23-18(28)14-24-10-12-25(13-11-24)16-4-2-3-5-17(16)27/h2-5,15,27H,6-14H2,1H3,(H,22,30)(H,23,28)/p+1. The Morgan fingerprint density at radius 3 is 2.57 bits per heavy atom. The second-order valence-electron chi connectivity index (χ2n) is 8.77. The topological polar surface area (TPSA) is 106 Å². The predicted molar refractivity (Wildman–Crippen MR) is 110 cm³/mol. The van der Waals surface area contributed by atoms with Gasteiger partial charge in [-0.05, 0) is 43.7 Å². The summed E-state index contributed by atoms with van der Waals surface area (Å²) in [5.74, 6) is 0.116. The number of nitrogens with zero attached hydrogens (tertiary/aromatic N) is 2. The van der Waals surface area contributed by atoms with Gasteiger partial charge in [0.1, 0.15) is 11.3 Å². The number of nitrogens with one attached hydrogen (secondary N) is 3. The fraction of sp³-hybridized carbons (Fsp3) is 0.571. The Kier molecular flexibility index (Phi) is 5.55. The Morgan fingerprint density at radius 1 is 1.23 bits per heavy atom. The van der Waals surface area contributed by atoms with Crippen LogP contribution >= 0.6 is 0 Å². The van der Waals surface area contributed by atoms with Crippen LogP contribution in [0.4, 0.5) is 10.5 Å². The first-order valence-corrected chi connectivity index (χ1v) is 10.7. The summed E-state index contributed by atoms with van der Waals surface area (Å²) >= 11 is 0. The van der Waals surface area contributed by atoms with Crippen molar-refractivity contribution in [1.29, 1.82) is 0 Å². The largest absolute Gasteiger partial charge is 0.506 e. The van der Waals surface area contributed by atoms with Gasteiger partial charge in [0.15, 0.2) is 6.54 Å². The number of anilines is 1. The monoisotopic (exact) mass is 416 g/mol. The minimum atomic E-state index is -0.854. The van der Waals surface area contributed by atoms with E-state index in [0.717, 1.165) is 41.5 Å². The van der Waals surface area contributed by atoms with Gasteiger partial charge in [0, 0.05) is 0 Å². The van der Waals surface area contributed by atoms with Crippen molar-refractivity contribution >= 4 is 23.5 Å². The maximum atomic E-state index is 12.8. The molecular formula is C21H30N5O4+. The van der Waals surface area contributed by atoms with Gasteiger partial charge in [0.2, 0.25) is 0 Å². The van der Waals surface area contributed by atoms with E-state index < -0.39 is 11.6 Å². The van der Waals surface area contributed by atoms with Crippen molar-refractivity contribution < 1.29 is 24.4 Å². The van der Waals surface area contributed by atoms with Gasteiger partial charge in [-0.1, -0.05) is 19.1 Å². The molecule has 1 aromatic rings. The molecule has 3 fully saturated rings. The summed E-state index contributed by atoms with van der Waals surface area (Å²) in [6.07, 6.45) is 3.01. The van der Waals surface area contributed by atoms with Gasteiger partial charge < -0.3 is 20.2 Å². The molecule has 2 aliphatic heterocycles. The van der Waals surface area contributed by atoms with E-state index in [1.807, 2.05) is 12.1 Å². The van der Waals surface area contributed by atoms with Crippen LogP contribution in [0, 0.1) is 5.92 Å². The van der Waals surface area contributed by atoms with Crippen LogP contribution in [-0.4, -0.2) is 66.2 Å². The lowest BCUT2D eigenvalue weighted by molar-refractivity contribution is -0.892. The number of para-hydroxylation sites is 2. The van der Waals surface area contributed by atoms with E-state index in [1.54, 1.807) is 12.1 Å². The number of carbonyl (C=O) groups excluding carboxylic acids is 3. The molecule has 1 aliphatic carbocycles. The zero-order valence-corrected chi connectivity index (χ0v) is 17.3. The minimum Gasteiger partial charge on any atom is -0.506 e. The van der Waals surface area contributed by atoms with E-state index in [2.05, 4.69) is 22.6 Å². The highest BCUT2D eigenvalue weighted by molar-refractivity contribution is 6.08. The smallest absolute Gasteiger partial charge is 0.344 e.